The number of piperidine rings is 1. The van der Waals surface area contributed by atoms with Gasteiger partial charge in [-0.2, -0.15) is 0 Å². The molecule has 0 bridgehead atoms. The van der Waals surface area contributed by atoms with Crippen molar-refractivity contribution in [3.63, 3.8) is 0 Å². The Morgan fingerprint density at radius 2 is 2.12 bits per heavy atom. The number of rotatable bonds is 2. The number of aromatic nitrogens is 1. The average molecular weight is 318 g/mol. The molecular formula is C20H22N4. The quantitative estimate of drug-likeness (QED) is 0.661. The Kier molecular flexibility index (Phi) is 5.25. The first-order valence-corrected chi connectivity index (χ1v) is 8.26. The molecule has 3 rings (SSSR count). The number of hydrogen-bond donors (Lipinski definition) is 2. The van der Waals surface area contributed by atoms with Crippen molar-refractivity contribution in [3.8, 4) is 11.8 Å². The van der Waals surface area contributed by atoms with Crippen molar-refractivity contribution in [2.45, 2.75) is 12.8 Å². The second-order valence-electron chi connectivity index (χ2n) is 5.93. The van der Waals surface area contributed by atoms with Gasteiger partial charge in [0, 0.05) is 42.5 Å². The second-order valence-corrected chi connectivity index (χ2v) is 5.93. The highest BCUT2D eigenvalue weighted by atomic mass is 14.9. The van der Waals surface area contributed by atoms with Crippen LogP contribution in [0.5, 0.6) is 0 Å². The molecule has 122 valence electrons. The third-order valence-electron chi connectivity index (χ3n) is 4.25. The number of allylic oxidation sites excluding steroid dienone is 1. The van der Waals surface area contributed by atoms with E-state index >= 15 is 0 Å². The second kappa shape index (κ2) is 7.76. The Labute approximate surface area is 142 Å². The molecule has 1 aliphatic heterocycles. The van der Waals surface area contributed by atoms with E-state index in [-0.39, 0.29) is 0 Å². The van der Waals surface area contributed by atoms with Crippen LogP contribution in [0.2, 0.25) is 0 Å². The maximum Gasteiger partial charge on any atom is 0.113 e. The van der Waals surface area contributed by atoms with Gasteiger partial charge >= 0.3 is 0 Å². The summed E-state index contributed by atoms with van der Waals surface area (Å²) in [6, 6.07) is 8.23. The van der Waals surface area contributed by atoms with Gasteiger partial charge in [-0.25, -0.2) is 4.98 Å². The van der Waals surface area contributed by atoms with Crippen molar-refractivity contribution in [3.05, 3.63) is 47.9 Å². The summed E-state index contributed by atoms with van der Waals surface area (Å²) in [5.41, 5.74) is 8.46. The molecule has 2 heterocycles. The lowest BCUT2D eigenvalue weighted by Crippen LogP contribution is -2.26. The van der Waals surface area contributed by atoms with Gasteiger partial charge < -0.3 is 11.1 Å². The van der Waals surface area contributed by atoms with Gasteiger partial charge in [-0.15, -0.1) is 0 Å². The zero-order valence-corrected chi connectivity index (χ0v) is 13.9. The smallest absolute Gasteiger partial charge is 0.113 e. The van der Waals surface area contributed by atoms with Gasteiger partial charge in [0.05, 0.1) is 0 Å². The molecule has 2 aromatic rings. The van der Waals surface area contributed by atoms with Crippen molar-refractivity contribution >= 4 is 22.6 Å². The van der Waals surface area contributed by atoms with E-state index in [0.29, 0.717) is 5.92 Å². The SMILES string of the molecule is CN=CC(=CN)c1ccc2cnc(C#CC3CCNCC3)cc2c1. The van der Waals surface area contributed by atoms with E-state index in [1.54, 1.807) is 19.5 Å². The first-order chi connectivity index (χ1) is 11.8. The molecule has 1 saturated heterocycles. The van der Waals surface area contributed by atoms with Crippen LogP contribution in [0.4, 0.5) is 0 Å². The predicted octanol–water partition coefficient (Wildman–Crippen LogP) is 2.59. The van der Waals surface area contributed by atoms with Crippen LogP contribution in [0.3, 0.4) is 0 Å². The maximum absolute atomic E-state index is 5.70. The fraction of sp³-hybridized carbons (Fsp3) is 0.300. The third-order valence-corrected chi connectivity index (χ3v) is 4.25. The molecule has 1 fully saturated rings. The Morgan fingerprint density at radius 3 is 2.88 bits per heavy atom. The maximum atomic E-state index is 5.70. The van der Waals surface area contributed by atoms with Crippen molar-refractivity contribution in [2.24, 2.45) is 16.6 Å². The van der Waals surface area contributed by atoms with E-state index < -0.39 is 0 Å². The first kappa shape index (κ1) is 16.2. The number of nitrogens with one attached hydrogen (secondary N) is 1. The van der Waals surface area contributed by atoms with Gasteiger partial charge in [0.15, 0.2) is 0 Å². The summed E-state index contributed by atoms with van der Waals surface area (Å²) in [5.74, 6) is 7.08. The monoisotopic (exact) mass is 318 g/mol. The summed E-state index contributed by atoms with van der Waals surface area (Å²) in [4.78, 5) is 8.52. The summed E-state index contributed by atoms with van der Waals surface area (Å²) >= 11 is 0. The van der Waals surface area contributed by atoms with E-state index in [2.05, 4.69) is 39.3 Å². The van der Waals surface area contributed by atoms with Crippen molar-refractivity contribution in [1.82, 2.24) is 10.3 Å². The van der Waals surface area contributed by atoms with E-state index in [1.165, 1.54) is 0 Å². The van der Waals surface area contributed by atoms with Crippen LogP contribution in [0.25, 0.3) is 16.3 Å². The molecule has 0 unspecified atom stereocenters. The number of nitrogens with zero attached hydrogens (tertiary/aromatic N) is 2. The lowest BCUT2D eigenvalue weighted by Gasteiger charge is -2.17. The minimum Gasteiger partial charge on any atom is -0.404 e. The highest BCUT2D eigenvalue weighted by Gasteiger charge is 2.09. The fourth-order valence-corrected chi connectivity index (χ4v) is 2.88. The number of pyridine rings is 1. The first-order valence-electron chi connectivity index (χ1n) is 8.26. The van der Waals surface area contributed by atoms with E-state index in [4.69, 9.17) is 5.73 Å². The third kappa shape index (κ3) is 3.81. The Balaban J connectivity index is 1.90. The molecule has 1 aliphatic rings. The largest absolute Gasteiger partial charge is 0.404 e. The van der Waals surface area contributed by atoms with Crippen LogP contribution in [-0.2, 0) is 0 Å². The molecule has 24 heavy (non-hydrogen) atoms. The van der Waals surface area contributed by atoms with Crippen LogP contribution in [0.1, 0.15) is 24.1 Å². The molecule has 3 N–H and O–H groups in total. The van der Waals surface area contributed by atoms with Gasteiger partial charge in [0.25, 0.3) is 0 Å². The summed E-state index contributed by atoms with van der Waals surface area (Å²) in [5, 5.41) is 5.57. The molecular weight excluding hydrogens is 296 g/mol. The van der Waals surface area contributed by atoms with Gasteiger partial charge in [0.2, 0.25) is 0 Å². The van der Waals surface area contributed by atoms with E-state index in [0.717, 1.165) is 53.5 Å². The van der Waals surface area contributed by atoms with E-state index in [1.807, 2.05) is 18.3 Å². The highest BCUT2D eigenvalue weighted by Crippen LogP contribution is 2.20. The van der Waals surface area contributed by atoms with Crippen molar-refractivity contribution < 1.29 is 0 Å². The van der Waals surface area contributed by atoms with Crippen LogP contribution in [-0.4, -0.2) is 31.3 Å². The molecule has 4 heteroatoms. The van der Waals surface area contributed by atoms with Gasteiger partial charge in [-0.05, 0) is 54.9 Å². The Hall–Kier alpha value is -2.64. The molecule has 1 aromatic heterocycles. The summed E-state index contributed by atoms with van der Waals surface area (Å²) < 4.78 is 0. The summed E-state index contributed by atoms with van der Waals surface area (Å²) in [6.45, 7) is 2.11. The summed E-state index contributed by atoms with van der Waals surface area (Å²) in [6.07, 6.45) is 7.45. The highest BCUT2D eigenvalue weighted by molar-refractivity contribution is 6.10. The molecule has 0 atom stereocenters. The Bertz CT molecular complexity index is 834. The minimum atomic E-state index is 0.475. The Morgan fingerprint density at radius 1 is 1.29 bits per heavy atom. The minimum absolute atomic E-state index is 0.475. The lowest BCUT2D eigenvalue weighted by molar-refractivity contribution is 0.447. The number of hydrogen-bond acceptors (Lipinski definition) is 4. The topological polar surface area (TPSA) is 63.3 Å². The van der Waals surface area contributed by atoms with Gasteiger partial charge in [-0.1, -0.05) is 18.1 Å². The number of fused-ring (bicyclic) bond motifs is 1. The molecule has 0 aliphatic carbocycles. The fourth-order valence-electron chi connectivity index (χ4n) is 2.88. The molecule has 4 nitrogen and oxygen atoms in total. The molecule has 1 aromatic carbocycles. The van der Waals surface area contributed by atoms with Crippen LogP contribution < -0.4 is 11.1 Å². The van der Waals surface area contributed by atoms with Gasteiger partial charge in [0.1, 0.15) is 5.69 Å². The average Bonchev–Trinajstić information content (AvgIpc) is 2.64. The van der Waals surface area contributed by atoms with Crippen molar-refractivity contribution in [2.75, 3.05) is 20.1 Å². The number of nitrogens with two attached hydrogens (primary N) is 1. The lowest BCUT2D eigenvalue weighted by atomic mass is 9.98. The number of aliphatic imine (C=N–C) groups is 1. The van der Waals surface area contributed by atoms with Gasteiger partial charge in [-0.3, -0.25) is 4.99 Å². The molecule has 0 saturated carbocycles. The van der Waals surface area contributed by atoms with E-state index in [9.17, 15) is 0 Å². The normalized spacial score (nSPS) is 16.3. The standard InChI is InChI=1S/C20H22N4/c1-22-13-19(12-21)16-3-4-17-14-24-20(11-18(17)10-16)5-2-15-6-8-23-9-7-15/h3-4,10-15,23H,6-9,21H2,1H3. The zero-order valence-electron chi connectivity index (χ0n) is 13.9. The molecule has 0 amide bonds. The van der Waals surface area contributed by atoms with Crippen LogP contribution >= 0.6 is 0 Å². The predicted molar refractivity (Wildman–Crippen MR) is 101 cm³/mol. The van der Waals surface area contributed by atoms with Crippen LogP contribution in [0.15, 0.2) is 41.7 Å². The zero-order chi connectivity index (χ0) is 16.8. The van der Waals surface area contributed by atoms with Crippen molar-refractivity contribution in [1.29, 1.82) is 0 Å². The van der Waals surface area contributed by atoms with Crippen LogP contribution in [0, 0.1) is 17.8 Å². The molecule has 0 radical (unpaired) electrons. The number of benzene rings is 1. The summed E-state index contributed by atoms with van der Waals surface area (Å²) in [7, 11) is 1.74. The molecule has 0 spiro atoms.